The molecule has 0 aliphatic rings. The van der Waals surface area contributed by atoms with Gasteiger partial charge < -0.3 is 14.4 Å². The van der Waals surface area contributed by atoms with Crippen LogP contribution in [0.4, 0.5) is 5.13 Å². The minimum absolute atomic E-state index is 0.0533. The van der Waals surface area contributed by atoms with Gasteiger partial charge in [-0.2, -0.15) is 0 Å². The Morgan fingerprint density at radius 2 is 1.75 bits per heavy atom. The van der Waals surface area contributed by atoms with Crippen LogP contribution < -0.4 is 19.3 Å². The first kappa shape index (κ1) is 20.1. The number of fused-ring (bicyclic) bond motifs is 1. The lowest BCUT2D eigenvalue weighted by molar-refractivity contribution is -0.858. The van der Waals surface area contributed by atoms with Crippen molar-refractivity contribution in [2.75, 3.05) is 46.3 Å². The minimum atomic E-state index is -0.0533. The van der Waals surface area contributed by atoms with Gasteiger partial charge in [-0.3, -0.25) is 9.69 Å². The zero-order valence-corrected chi connectivity index (χ0v) is 17.5. The van der Waals surface area contributed by atoms with Gasteiger partial charge in [0, 0.05) is 24.6 Å². The third-order valence-electron chi connectivity index (χ3n) is 4.45. The van der Waals surface area contributed by atoms with Crippen molar-refractivity contribution in [2.24, 2.45) is 0 Å². The van der Waals surface area contributed by atoms with Gasteiger partial charge in [0.2, 0.25) is 0 Å². The fraction of sp³-hybridized carbons (Fsp3) is 0.333. The summed E-state index contributed by atoms with van der Waals surface area (Å²) < 4.78 is 11.5. The Kier molecular flexibility index (Phi) is 6.49. The maximum absolute atomic E-state index is 13.2. The second kappa shape index (κ2) is 9.03. The maximum Gasteiger partial charge on any atom is 0.260 e. The average Bonchev–Trinajstić information content (AvgIpc) is 3.13. The van der Waals surface area contributed by atoms with Crippen LogP contribution >= 0.6 is 11.3 Å². The molecule has 7 heteroatoms. The molecule has 0 fully saturated rings. The van der Waals surface area contributed by atoms with Gasteiger partial charge >= 0.3 is 0 Å². The summed E-state index contributed by atoms with van der Waals surface area (Å²) in [6, 6.07) is 13.0. The third-order valence-corrected chi connectivity index (χ3v) is 5.51. The summed E-state index contributed by atoms with van der Waals surface area (Å²) in [7, 11) is 7.47. The number of methoxy groups -OCH3 is 2. The van der Waals surface area contributed by atoms with Crippen LogP contribution in [-0.2, 0) is 0 Å². The number of anilines is 1. The Morgan fingerprint density at radius 1 is 1.07 bits per heavy atom. The Bertz CT molecular complexity index is 938. The van der Waals surface area contributed by atoms with Crippen LogP contribution in [0.1, 0.15) is 16.8 Å². The molecular formula is C21H26N3O3S+. The van der Waals surface area contributed by atoms with E-state index in [0.717, 1.165) is 34.7 Å². The second-order valence-electron chi connectivity index (χ2n) is 6.83. The Balaban J connectivity index is 1.92. The number of thiazole rings is 1. The molecule has 0 aliphatic heterocycles. The quantitative estimate of drug-likeness (QED) is 0.631. The van der Waals surface area contributed by atoms with E-state index < -0.39 is 0 Å². The number of benzene rings is 2. The predicted molar refractivity (Wildman–Crippen MR) is 113 cm³/mol. The molecule has 3 aromatic rings. The summed E-state index contributed by atoms with van der Waals surface area (Å²) in [5, 5.41) is 0.706. The topological polar surface area (TPSA) is 56.1 Å². The van der Waals surface area contributed by atoms with E-state index in [2.05, 4.69) is 14.1 Å². The minimum Gasteiger partial charge on any atom is -0.497 e. The second-order valence-corrected chi connectivity index (χ2v) is 7.84. The van der Waals surface area contributed by atoms with Crippen molar-refractivity contribution >= 4 is 32.6 Å². The number of carbonyl (C=O) groups excluding carboxylic acids is 1. The number of amides is 1. The third kappa shape index (κ3) is 4.61. The van der Waals surface area contributed by atoms with Gasteiger partial charge in [0.05, 0.1) is 45.1 Å². The fourth-order valence-electron chi connectivity index (χ4n) is 2.90. The zero-order chi connectivity index (χ0) is 20.1. The first-order valence-electron chi connectivity index (χ1n) is 9.21. The van der Waals surface area contributed by atoms with Crippen molar-refractivity contribution in [3.8, 4) is 11.5 Å². The SMILES string of the molecule is COc1ccc(C(=O)N(CCC[NH+](C)C)c2nc3cc(OC)ccc3s2)cc1. The lowest BCUT2D eigenvalue weighted by Crippen LogP contribution is -3.05. The number of nitrogens with zero attached hydrogens (tertiary/aromatic N) is 2. The van der Waals surface area contributed by atoms with Crippen LogP contribution in [0, 0.1) is 0 Å². The van der Waals surface area contributed by atoms with Crippen molar-refractivity contribution in [1.82, 2.24) is 4.98 Å². The monoisotopic (exact) mass is 400 g/mol. The molecular weight excluding hydrogens is 374 g/mol. The van der Waals surface area contributed by atoms with Crippen LogP contribution in [0.15, 0.2) is 42.5 Å². The van der Waals surface area contributed by atoms with Gasteiger partial charge in [-0.05, 0) is 36.4 Å². The number of aromatic nitrogens is 1. The molecule has 0 saturated carbocycles. The molecule has 1 heterocycles. The summed E-state index contributed by atoms with van der Waals surface area (Å²) in [6.45, 7) is 1.60. The van der Waals surface area contributed by atoms with Gasteiger partial charge in [-0.1, -0.05) is 11.3 Å². The van der Waals surface area contributed by atoms with Crippen LogP contribution in [-0.4, -0.2) is 52.3 Å². The molecule has 0 spiro atoms. The first-order chi connectivity index (χ1) is 13.5. The van der Waals surface area contributed by atoms with E-state index in [4.69, 9.17) is 14.5 Å². The van der Waals surface area contributed by atoms with E-state index in [1.54, 1.807) is 43.4 Å². The standard InChI is InChI=1S/C21H25N3O3S/c1-23(2)12-5-13-24(20(25)15-6-8-16(26-3)9-7-15)21-22-18-14-17(27-4)10-11-19(18)28-21/h6-11,14H,5,12-13H2,1-4H3/p+1. The molecule has 3 rings (SSSR count). The molecule has 148 valence electrons. The summed E-state index contributed by atoms with van der Waals surface area (Å²) >= 11 is 1.52. The zero-order valence-electron chi connectivity index (χ0n) is 16.7. The van der Waals surface area contributed by atoms with Crippen LogP contribution in [0.2, 0.25) is 0 Å². The fourth-order valence-corrected chi connectivity index (χ4v) is 3.87. The largest absolute Gasteiger partial charge is 0.497 e. The summed E-state index contributed by atoms with van der Waals surface area (Å²) in [6.07, 6.45) is 0.892. The van der Waals surface area contributed by atoms with Crippen molar-refractivity contribution < 1.29 is 19.2 Å². The molecule has 0 saturated heterocycles. The van der Waals surface area contributed by atoms with Crippen LogP contribution in [0.25, 0.3) is 10.2 Å². The number of rotatable bonds is 8. The lowest BCUT2D eigenvalue weighted by atomic mass is 10.2. The number of carbonyl (C=O) groups is 1. The summed E-state index contributed by atoms with van der Waals surface area (Å²) in [5.41, 5.74) is 1.46. The Labute approximate surface area is 169 Å². The van der Waals surface area contributed by atoms with Crippen LogP contribution in [0.3, 0.4) is 0 Å². The predicted octanol–water partition coefficient (Wildman–Crippen LogP) is 2.49. The molecule has 6 nitrogen and oxygen atoms in total. The van der Waals surface area contributed by atoms with Gasteiger partial charge in [-0.15, -0.1) is 0 Å². The summed E-state index contributed by atoms with van der Waals surface area (Å²) in [5.74, 6) is 1.43. The highest BCUT2D eigenvalue weighted by molar-refractivity contribution is 7.22. The van der Waals surface area contributed by atoms with Gasteiger partial charge in [0.25, 0.3) is 5.91 Å². The Morgan fingerprint density at radius 3 is 2.39 bits per heavy atom. The van der Waals surface area contributed by atoms with Gasteiger partial charge in [0.15, 0.2) is 5.13 Å². The highest BCUT2D eigenvalue weighted by atomic mass is 32.1. The van der Waals surface area contributed by atoms with E-state index in [9.17, 15) is 4.79 Å². The van der Waals surface area contributed by atoms with E-state index in [0.29, 0.717) is 17.2 Å². The average molecular weight is 401 g/mol. The van der Waals surface area contributed by atoms with E-state index >= 15 is 0 Å². The number of quaternary nitrogens is 1. The molecule has 1 aromatic heterocycles. The van der Waals surface area contributed by atoms with Crippen molar-refractivity contribution in [1.29, 1.82) is 0 Å². The van der Waals surface area contributed by atoms with Crippen molar-refractivity contribution in [3.63, 3.8) is 0 Å². The van der Waals surface area contributed by atoms with E-state index in [1.807, 2.05) is 18.2 Å². The molecule has 0 aliphatic carbocycles. The molecule has 2 aromatic carbocycles. The lowest BCUT2D eigenvalue weighted by Gasteiger charge is -2.20. The molecule has 28 heavy (non-hydrogen) atoms. The van der Waals surface area contributed by atoms with Crippen molar-refractivity contribution in [2.45, 2.75) is 6.42 Å². The first-order valence-corrected chi connectivity index (χ1v) is 10.0. The van der Waals surface area contributed by atoms with Gasteiger partial charge in [0.1, 0.15) is 11.5 Å². The summed E-state index contributed by atoms with van der Waals surface area (Å²) in [4.78, 5) is 21.1. The smallest absolute Gasteiger partial charge is 0.260 e. The van der Waals surface area contributed by atoms with E-state index in [1.165, 1.54) is 16.2 Å². The maximum atomic E-state index is 13.2. The number of hydrogen-bond donors (Lipinski definition) is 1. The molecule has 0 atom stereocenters. The molecule has 1 amide bonds. The number of ether oxygens (including phenoxy) is 2. The molecule has 0 bridgehead atoms. The van der Waals surface area contributed by atoms with Crippen LogP contribution in [0.5, 0.6) is 11.5 Å². The highest BCUT2D eigenvalue weighted by Crippen LogP contribution is 2.32. The normalized spacial score (nSPS) is 11.0. The highest BCUT2D eigenvalue weighted by Gasteiger charge is 2.21. The van der Waals surface area contributed by atoms with Crippen molar-refractivity contribution in [3.05, 3.63) is 48.0 Å². The molecule has 1 N–H and O–H groups in total. The van der Waals surface area contributed by atoms with E-state index in [-0.39, 0.29) is 5.91 Å². The number of nitrogens with one attached hydrogen (secondary N) is 1. The number of hydrogen-bond acceptors (Lipinski definition) is 5. The Hall–Kier alpha value is -2.64. The van der Waals surface area contributed by atoms with Gasteiger partial charge in [-0.25, -0.2) is 4.98 Å². The molecule has 0 radical (unpaired) electrons. The molecule has 0 unspecified atom stereocenters.